The second kappa shape index (κ2) is 7.47. The zero-order valence-corrected chi connectivity index (χ0v) is 13.9. The topological polar surface area (TPSA) is 38.7 Å². The van der Waals surface area contributed by atoms with Gasteiger partial charge in [-0.15, -0.1) is 0 Å². The molecule has 0 spiro atoms. The van der Waals surface area contributed by atoms with Crippen molar-refractivity contribution in [3.63, 3.8) is 0 Å². The van der Waals surface area contributed by atoms with Crippen LogP contribution in [0, 0.1) is 5.92 Å². The lowest BCUT2D eigenvalue weighted by atomic mass is 10.1. The molecule has 0 aliphatic heterocycles. The van der Waals surface area contributed by atoms with Gasteiger partial charge in [0.15, 0.2) is 0 Å². The monoisotopic (exact) mass is 325 g/mol. The van der Waals surface area contributed by atoms with E-state index in [-0.39, 0.29) is 5.97 Å². The van der Waals surface area contributed by atoms with Crippen LogP contribution in [0.15, 0.2) is 69.5 Å². The van der Waals surface area contributed by atoms with Gasteiger partial charge in [0.25, 0.3) is 0 Å². The molecule has 1 aliphatic carbocycles. The zero-order chi connectivity index (χ0) is 16.1. The lowest BCUT2D eigenvalue weighted by molar-refractivity contribution is -0.140. The summed E-state index contributed by atoms with van der Waals surface area (Å²) in [7, 11) is 0. The quantitative estimate of drug-likeness (QED) is 0.430. The average molecular weight is 325 g/mol. The Morgan fingerprint density at radius 1 is 1.09 bits per heavy atom. The Hall–Kier alpha value is -2.07. The van der Waals surface area contributed by atoms with Crippen LogP contribution < -0.4 is 0 Å². The third kappa shape index (κ3) is 4.96. The second-order valence-corrected chi connectivity index (χ2v) is 6.85. The normalized spacial score (nSPS) is 14.6. The van der Waals surface area contributed by atoms with E-state index in [1.165, 1.54) is 29.6 Å². The van der Waals surface area contributed by atoms with Crippen molar-refractivity contribution >= 4 is 23.4 Å². The Kier molecular flexibility index (Phi) is 5.13. The van der Waals surface area contributed by atoms with Crippen molar-refractivity contribution < 1.29 is 9.63 Å². The van der Waals surface area contributed by atoms with Crippen molar-refractivity contribution in [2.75, 3.05) is 0 Å². The Balaban J connectivity index is 1.72. The van der Waals surface area contributed by atoms with Crippen molar-refractivity contribution in [2.45, 2.75) is 36.0 Å². The van der Waals surface area contributed by atoms with Crippen molar-refractivity contribution in [1.82, 2.24) is 0 Å². The van der Waals surface area contributed by atoms with Crippen LogP contribution in [0.5, 0.6) is 0 Å². The molecule has 3 nitrogen and oxygen atoms in total. The van der Waals surface area contributed by atoms with Gasteiger partial charge in [0.05, 0.1) is 5.71 Å². The Labute approximate surface area is 140 Å². The second-order valence-electron chi connectivity index (χ2n) is 5.71. The highest BCUT2D eigenvalue weighted by Crippen LogP contribution is 2.34. The van der Waals surface area contributed by atoms with E-state index >= 15 is 0 Å². The summed E-state index contributed by atoms with van der Waals surface area (Å²) in [5.41, 5.74) is 1.88. The minimum Gasteiger partial charge on any atom is -0.318 e. The molecule has 0 atom stereocenters. The van der Waals surface area contributed by atoms with E-state index in [0.29, 0.717) is 5.92 Å². The van der Waals surface area contributed by atoms with Crippen LogP contribution in [-0.2, 0) is 9.63 Å². The van der Waals surface area contributed by atoms with E-state index in [9.17, 15) is 4.79 Å². The highest BCUT2D eigenvalue weighted by Gasteiger charge is 2.24. The first-order valence-corrected chi connectivity index (χ1v) is 8.60. The molecule has 1 saturated carbocycles. The molecule has 0 N–H and O–H groups in total. The molecule has 0 radical (unpaired) electrons. The smallest absolute Gasteiger partial charge is 0.318 e. The molecule has 0 amide bonds. The number of nitrogens with zero attached hydrogens (tertiary/aromatic N) is 1. The summed E-state index contributed by atoms with van der Waals surface area (Å²) in [4.78, 5) is 18.3. The Morgan fingerprint density at radius 2 is 1.74 bits per heavy atom. The first kappa shape index (κ1) is 15.8. The van der Waals surface area contributed by atoms with Crippen LogP contribution in [0.2, 0.25) is 0 Å². The van der Waals surface area contributed by atoms with Crippen LogP contribution in [0.25, 0.3) is 0 Å². The minimum atomic E-state index is -0.380. The third-order valence-corrected chi connectivity index (χ3v) is 4.65. The number of hydrogen-bond acceptors (Lipinski definition) is 4. The van der Waals surface area contributed by atoms with E-state index in [1.807, 2.05) is 18.2 Å². The molecule has 3 rings (SSSR count). The van der Waals surface area contributed by atoms with Crippen LogP contribution >= 0.6 is 11.8 Å². The Bertz CT molecular complexity index is 691. The van der Waals surface area contributed by atoms with E-state index in [0.717, 1.165) is 17.7 Å². The van der Waals surface area contributed by atoms with Gasteiger partial charge in [0.2, 0.25) is 0 Å². The van der Waals surface area contributed by atoms with Crippen molar-refractivity contribution in [1.29, 1.82) is 0 Å². The molecule has 23 heavy (non-hydrogen) atoms. The van der Waals surface area contributed by atoms with Gasteiger partial charge in [-0.2, -0.15) is 0 Å². The number of hydrogen-bond donors (Lipinski definition) is 0. The highest BCUT2D eigenvalue weighted by molar-refractivity contribution is 7.99. The molecule has 4 heteroatoms. The number of rotatable bonds is 6. The molecule has 0 aromatic heterocycles. The van der Waals surface area contributed by atoms with Gasteiger partial charge < -0.3 is 4.84 Å². The average Bonchev–Trinajstić information content (AvgIpc) is 3.37. The summed E-state index contributed by atoms with van der Waals surface area (Å²) < 4.78 is 0. The molecular formula is C19H19NO2S. The maximum Gasteiger partial charge on any atom is 0.331 e. The van der Waals surface area contributed by atoms with Gasteiger partial charge in [-0.05, 0) is 55.0 Å². The van der Waals surface area contributed by atoms with Gasteiger partial charge in [0.1, 0.15) is 0 Å². The van der Waals surface area contributed by atoms with Gasteiger partial charge in [-0.1, -0.05) is 47.2 Å². The summed E-state index contributed by atoms with van der Waals surface area (Å²) in [6.07, 6.45) is 3.35. The largest absolute Gasteiger partial charge is 0.331 e. The summed E-state index contributed by atoms with van der Waals surface area (Å²) in [6.45, 7) is 1.37. The van der Waals surface area contributed by atoms with E-state index in [4.69, 9.17) is 4.84 Å². The summed E-state index contributed by atoms with van der Waals surface area (Å²) in [6, 6.07) is 18.6. The van der Waals surface area contributed by atoms with Crippen LogP contribution in [0.4, 0.5) is 0 Å². The molecule has 0 unspecified atom stereocenters. The molecule has 1 aliphatic rings. The van der Waals surface area contributed by atoms with Gasteiger partial charge in [-0.25, -0.2) is 4.79 Å². The van der Waals surface area contributed by atoms with Crippen molar-refractivity contribution in [2.24, 2.45) is 11.1 Å². The molecule has 2 aromatic rings. The van der Waals surface area contributed by atoms with E-state index in [1.54, 1.807) is 11.8 Å². The van der Waals surface area contributed by atoms with Gasteiger partial charge in [0, 0.05) is 16.7 Å². The molecule has 0 bridgehead atoms. The first-order valence-electron chi connectivity index (χ1n) is 7.78. The maximum atomic E-state index is 11.0. The number of benzene rings is 2. The van der Waals surface area contributed by atoms with E-state index in [2.05, 4.69) is 41.6 Å². The number of carbonyl (C=O) groups is 1. The fourth-order valence-electron chi connectivity index (χ4n) is 2.26. The molecule has 0 saturated heterocycles. The number of oxime groups is 1. The SMILES string of the molecule is CC(=O)O/N=C(\CC1CC1)c1ccc(Sc2ccccc2)cc1. The molecule has 118 valence electrons. The lowest BCUT2D eigenvalue weighted by Gasteiger charge is -2.07. The van der Waals surface area contributed by atoms with Gasteiger partial charge >= 0.3 is 5.97 Å². The van der Waals surface area contributed by atoms with Crippen molar-refractivity contribution in [3.8, 4) is 0 Å². The predicted octanol–water partition coefficient (Wildman–Crippen LogP) is 4.91. The number of carbonyl (C=O) groups excluding carboxylic acids is 1. The summed E-state index contributed by atoms with van der Waals surface area (Å²) >= 11 is 1.73. The van der Waals surface area contributed by atoms with E-state index < -0.39 is 0 Å². The molecule has 2 aromatic carbocycles. The van der Waals surface area contributed by atoms with Gasteiger partial charge in [-0.3, -0.25) is 0 Å². The third-order valence-electron chi connectivity index (χ3n) is 3.63. The maximum absolute atomic E-state index is 11.0. The first-order chi connectivity index (χ1) is 11.2. The Morgan fingerprint density at radius 3 is 2.35 bits per heavy atom. The molecular weight excluding hydrogens is 306 g/mol. The zero-order valence-electron chi connectivity index (χ0n) is 13.1. The fraction of sp³-hybridized carbons (Fsp3) is 0.263. The lowest BCUT2D eigenvalue weighted by Crippen LogP contribution is -2.05. The minimum absolute atomic E-state index is 0.380. The summed E-state index contributed by atoms with van der Waals surface area (Å²) in [5.74, 6) is 0.303. The van der Waals surface area contributed by atoms with Crippen molar-refractivity contribution in [3.05, 3.63) is 60.2 Å². The van der Waals surface area contributed by atoms with Crippen LogP contribution in [0.3, 0.4) is 0 Å². The molecule has 1 fully saturated rings. The predicted molar refractivity (Wildman–Crippen MR) is 92.7 cm³/mol. The standard InChI is InChI=1S/C19H19NO2S/c1-14(21)22-20-19(13-15-7-8-15)16-9-11-18(12-10-16)23-17-5-3-2-4-6-17/h2-6,9-12,15H,7-8,13H2,1H3/b20-19+. The van der Waals surface area contributed by atoms with Crippen LogP contribution in [0.1, 0.15) is 31.7 Å². The molecule has 0 heterocycles. The highest BCUT2D eigenvalue weighted by atomic mass is 32.2. The summed E-state index contributed by atoms with van der Waals surface area (Å²) in [5, 5.41) is 4.05. The van der Waals surface area contributed by atoms with Crippen LogP contribution in [-0.4, -0.2) is 11.7 Å². The fourth-order valence-corrected chi connectivity index (χ4v) is 3.10.